The molecule has 0 aliphatic heterocycles. The molecule has 2 aromatic rings. The zero-order chi connectivity index (χ0) is 26.6. The summed E-state index contributed by atoms with van der Waals surface area (Å²) >= 11 is 0. The van der Waals surface area contributed by atoms with Crippen LogP contribution in [0.3, 0.4) is 0 Å². The van der Waals surface area contributed by atoms with Gasteiger partial charge in [0, 0.05) is 26.9 Å². The lowest BCUT2D eigenvalue weighted by molar-refractivity contribution is -0.119. The number of carbonyl (C=O) groups excluding carboxylic acids is 1. The maximum absolute atomic E-state index is 12.0. The highest BCUT2D eigenvalue weighted by Crippen LogP contribution is 2.26. The van der Waals surface area contributed by atoms with E-state index in [0.29, 0.717) is 0 Å². The van der Waals surface area contributed by atoms with E-state index < -0.39 is 46.1 Å². The third-order valence-corrected chi connectivity index (χ3v) is 7.59. The van der Waals surface area contributed by atoms with E-state index in [1.54, 1.807) is 0 Å². The fraction of sp³-hybridized carbons (Fsp3) is 0.211. The van der Waals surface area contributed by atoms with Gasteiger partial charge in [0.1, 0.15) is 16.4 Å². The maximum atomic E-state index is 12.0. The predicted octanol–water partition coefficient (Wildman–Crippen LogP) is 1.15. The molecule has 0 saturated carbocycles. The number of benzene rings is 2. The molecule has 0 aliphatic rings. The average Bonchev–Trinajstić information content (AvgIpc) is 2.71. The minimum absolute atomic E-state index is 0.0491. The number of nitrogens with zero attached hydrogens (tertiary/aromatic N) is 1. The van der Waals surface area contributed by atoms with Crippen molar-refractivity contribution in [3.8, 4) is 0 Å². The average molecular weight is 550 g/mol. The molecule has 1 amide bonds. The van der Waals surface area contributed by atoms with Gasteiger partial charge in [-0.1, -0.05) is 24.3 Å². The van der Waals surface area contributed by atoms with Crippen LogP contribution < -0.4 is 10.0 Å². The van der Waals surface area contributed by atoms with Crippen LogP contribution in [-0.4, -0.2) is 72.4 Å². The fourth-order valence-corrected chi connectivity index (χ4v) is 4.71. The molecular weight excluding hydrogens is 526 g/mol. The molecule has 0 atom stereocenters. The Balaban J connectivity index is 2.52. The van der Waals surface area contributed by atoms with Gasteiger partial charge in [0.2, 0.25) is 5.91 Å². The Morgan fingerprint density at radius 1 is 0.886 bits per heavy atom. The summed E-state index contributed by atoms with van der Waals surface area (Å²) in [4.78, 5) is 10.4. The van der Waals surface area contributed by atoms with Gasteiger partial charge in [0.25, 0.3) is 20.2 Å². The van der Waals surface area contributed by atoms with E-state index in [0.717, 1.165) is 28.6 Å². The summed E-state index contributed by atoms with van der Waals surface area (Å²) in [5, 5.41) is 2.38. The van der Waals surface area contributed by atoms with Crippen LogP contribution in [0.4, 0.5) is 11.4 Å². The first-order chi connectivity index (χ1) is 16.0. The van der Waals surface area contributed by atoms with Crippen LogP contribution in [0.25, 0.3) is 12.2 Å². The van der Waals surface area contributed by atoms with Crippen molar-refractivity contribution in [3.63, 3.8) is 0 Å². The zero-order valence-corrected chi connectivity index (χ0v) is 21.1. The van der Waals surface area contributed by atoms with E-state index in [4.69, 9.17) is 0 Å². The Bertz CT molecular complexity index is 1470. The minimum Gasteiger partial charge on any atom is -0.375 e. The van der Waals surface area contributed by atoms with Crippen molar-refractivity contribution in [2.24, 2.45) is 0 Å². The van der Waals surface area contributed by atoms with Gasteiger partial charge in [-0.25, -0.2) is 0 Å². The second-order valence-corrected chi connectivity index (χ2v) is 11.8. The van der Waals surface area contributed by atoms with Crippen molar-refractivity contribution < 1.29 is 43.9 Å². The van der Waals surface area contributed by atoms with Gasteiger partial charge in [-0.05, 0) is 35.4 Å². The predicted molar refractivity (Wildman–Crippen MR) is 128 cm³/mol. The number of carbonyl (C=O) groups is 1. The number of ether oxygens (including phenoxy) is 1. The van der Waals surface area contributed by atoms with Crippen LogP contribution in [0.15, 0.2) is 46.2 Å². The molecule has 13 nitrogen and oxygen atoms in total. The molecule has 0 heterocycles. The molecule has 0 saturated heterocycles. The number of methoxy groups -OCH3 is 1. The highest BCUT2D eigenvalue weighted by Gasteiger charge is 2.20. The second kappa shape index (κ2) is 10.8. The van der Waals surface area contributed by atoms with Crippen LogP contribution in [-0.2, 0) is 40.0 Å². The van der Waals surface area contributed by atoms with Crippen molar-refractivity contribution in [1.82, 2.24) is 4.31 Å². The monoisotopic (exact) mass is 549 g/mol. The van der Waals surface area contributed by atoms with Crippen LogP contribution >= 0.6 is 0 Å². The van der Waals surface area contributed by atoms with Gasteiger partial charge in [-0.3, -0.25) is 18.6 Å². The SMILES string of the molecule is COCC(=O)Nc1ccc(C=Cc2ccc(NS(=O)(=O)N(C)C)cc2S(=O)(=O)O)c(S(=O)(=O)O)c1. The molecule has 2 aromatic carbocycles. The smallest absolute Gasteiger partial charge is 0.301 e. The first-order valence-electron chi connectivity index (χ1n) is 9.45. The van der Waals surface area contributed by atoms with Gasteiger partial charge in [0.05, 0.1) is 5.69 Å². The number of hydrogen-bond acceptors (Lipinski definition) is 8. The summed E-state index contributed by atoms with van der Waals surface area (Å²) in [6.45, 7) is -0.290. The Morgan fingerprint density at radius 3 is 1.77 bits per heavy atom. The zero-order valence-electron chi connectivity index (χ0n) is 18.7. The molecule has 4 N–H and O–H groups in total. The van der Waals surface area contributed by atoms with Crippen LogP contribution in [0.5, 0.6) is 0 Å². The van der Waals surface area contributed by atoms with Gasteiger partial charge in [0.15, 0.2) is 0 Å². The Kier molecular flexibility index (Phi) is 8.77. The second-order valence-electron chi connectivity index (χ2n) is 7.16. The minimum atomic E-state index is -4.83. The summed E-state index contributed by atoms with van der Waals surface area (Å²) < 4.78 is 98.4. The number of rotatable bonds is 10. The van der Waals surface area contributed by atoms with Gasteiger partial charge in [-0.2, -0.15) is 29.6 Å². The third kappa shape index (κ3) is 7.82. The van der Waals surface area contributed by atoms with Crippen LogP contribution in [0, 0.1) is 0 Å². The van der Waals surface area contributed by atoms with E-state index in [1.165, 1.54) is 45.5 Å². The summed E-state index contributed by atoms with van der Waals surface area (Å²) in [6, 6.07) is 6.87. The molecule has 0 aliphatic carbocycles. The first kappa shape index (κ1) is 28.4. The molecular formula is C19H23N3O10S3. The number of hydrogen-bond donors (Lipinski definition) is 4. The van der Waals surface area contributed by atoms with Crippen molar-refractivity contribution in [2.75, 3.05) is 37.9 Å². The van der Waals surface area contributed by atoms with Crippen molar-refractivity contribution >= 4 is 59.9 Å². The summed E-state index contributed by atoms with van der Waals surface area (Å²) in [5.41, 5.74) is -0.291. The van der Waals surface area contributed by atoms with Crippen molar-refractivity contribution in [3.05, 3.63) is 47.5 Å². The van der Waals surface area contributed by atoms with E-state index >= 15 is 0 Å². The van der Waals surface area contributed by atoms with E-state index in [2.05, 4.69) is 14.8 Å². The summed E-state index contributed by atoms with van der Waals surface area (Å²) in [5.74, 6) is -0.570. The lowest BCUT2D eigenvalue weighted by atomic mass is 10.1. The molecule has 2 rings (SSSR count). The van der Waals surface area contributed by atoms with Gasteiger partial charge < -0.3 is 10.1 Å². The molecule has 0 spiro atoms. The third-order valence-electron chi connectivity index (χ3n) is 4.31. The number of amides is 1. The summed E-state index contributed by atoms with van der Waals surface area (Å²) in [6.07, 6.45) is 2.29. The largest absolute Gasteiger partial charge is 0.375 e. The van der Waals surface area contributed by atoms with Crippen molar-refractivity contribution in [2.45, 2.75) is 9.79 Å². The molecule has 0 fully saturated rings. The highest BCUT2D eigenvalue weighted by molar-refractivity contribution is 7.90. The van der Waals surface area contributed by atoms with Crippen molar-refractivity contribution in [1.29, 1.82) is 0 Å². The van der Waals surface area contributed by atoms with Crippen LogP contribution in [0.2, 0.25) is 0 Å². The first-order valence-corrected chi connectivity index (χ1v) is 13.8. The normalized spacial score (nSPS) is 12.7. The lowest BCUT2D eigenvalue weighted by Crippen LogP contribution is -2.29. The molecule has 0 unspecified atom stereocenters. The van der Waals surface area contributed by atoms with Gasteiger partial charge in [-0.15, -0.1) is 0 Å². The van der Waals surface area contributed by atoms with E-state index in [-0.39, 0.29) is 29.1 Å². The molecule has 0 aromatic heterocycles. The Morgan fingerprint density at radius 2 is 1.34 bits per heavy atom. The molecule has 16 heteroatoms. The Labute approximate surface area is 203 Å². The fourth-order valence-electron chi connectivity index (χ4n) is 2.68. The topological polar surface area (TPSA) is 196 Å². The molecule has 35 heavy (non-hydrogen) atoms. The van der Waals surface area contributed by atoms with Gasteiger partial charge >= 0.3 is 10.2 Å². The number of anilines is 2. The highest BCUT2D eigenvalue weighted by atomic mass is 32.2. The van der Waals surface area contributed by atoms with E-state index in [9.17, 15) is 39.2 Å². The maximum Gasteiger partial charge on any atom is 0.301 e. The summed E-state index contributed by atoms with van der Waals surface area (Å²) in [7, 11) is -9.75. The molecule has 0 radical (unpaired) electrons. The Hall–Kier alpha value is -2.86. The van der Waals surface area contributed by atoms with Crippen LogP contribution in [0.1, 0.15) is 11.1 Å². The number of nitrogens with one attached hydrogen (secondary N) is 2. The quantitative estimate of drug-likeness (QED) is 0.246. The molecule has 192 valence electrons. The molecule has 0 bridgehead atoms. The van der Waals surface area contributed by atoms with E-state index in [1.807, 2.05) is 0 Å². The standard InChI is InChI=1S/C19H23N3O10S3/c1-22(2)35(30,31)21-16-9-7-14(18(11-16)34(27,28)29)5-4-13-6-8-15(20-19(23)12-32-3)10-17(13)33(24,25)26/h4-11,21H,12H2,1-3H3,(H,20,23)(H,24,25,26)(H,27,28,29). The lowest BCUT2D eigenvalue weighted by Gasteiger charge is -2.14.